The van der Waals surface area contributed by atoms with Crippen molar-refractivity contribution in [1.82, 2.24) is 4.98 Å². The fourth-order valence-corrected chi connectivity index (χ4v) is 3.26. The Labute approximate surface area is 118 Å². The van der Waals surface area contributed by atoms with Crippen LogP contribution in [0.4, 0.5) is 5.69 Å². The van der Waals surface area contributed by atoms with Gasteiger partial charge in [0, 0.05) is 30.8 Å². The molecule has 2 aromatic rings. The summed E-state index contributed by atoms with van der Waals surface area (Å²) in [7, 11) is 0. The average molecular weight is 292 g/mol. The van der Waals surface area contributed by atoms with Crippen LogP contribution in [0, 0.1) is 0 Å². The van der Waals surface area contributed by atoms with E-state index in [0.717, 1.165) is 0 Å². The minimum absolute atomic E-state index is 0.0132. The van der Waals surface area contributed by atoms with E-state index in [1.54, 1.807) is 23.1 Å². The van der Waals surface area contributed by atoms with E-state index in [1.807, 2.05) is 0 Å². The van der Waals surface area contributed by atoms with E-state index >= 15 is 0 Å². The maximum absolute atomic E-state index is 12.0. The second kappa shape index (κ2) is 4.82. The van der Waals surface area contributed by atoms with Crippen LogP contribution in [0.5, 0.6) is 0 Å². The van der Waals surface area contributed by atoms with Gasteiger partial charge in [0.15, 0.2) is 10.7 Å². The van der Waals surface area contributed by atoms with Gasteiger partial charge in [0.1, 0.15) is 0 Å². The summed E-state index contributed by atoms with van der Waals surface area (Å²) in [4.78, 5) is 38.4. The Balaban J connectivity index is 1.88. The predicted molar refractivity (Wildman–Crippen MR) is 75.9 cm³/mol. The Bertz CT molecular complexity index is 748. The third-order valence-electron chi connectivity index (χ3n) is 3.14. The van der Waals surface area contributed by atoms with Crippen LogP contribution in [0.2, 0.25) is 0 Å². The minimum Gasteiger partial charge on any atom is -0.408 e. The zero-order chi connectivity index (χ0) is 14.3. The number of amides is 1. The van der Waals surface area contributed by atoms with E-state index in [2.05, 4.69) is 4.98 Å². The maximum atomic E-state index is 12.0. The molecule has 1 aliphatic heterocycles. The highest BCUT2D eigenvalue weighted by atomic mass is 32.2. The Kier molecular flexibility index (Phi) is 3.13. The third-order valence-corrected chi connectivity index (χ3v) is 4.12. The molecular formula is C13H12N2O4S. The van der Waals surface area contributed by atoms with E-state index < -0.39 is 5.76 Å². The van der Waals surface area contributed by atoms with E-state index in [9.17, 15) is 14.4 Å². The lowest BCUT2D eigenvalue weighted by Crippen LogP contribution is -2.24. The second-order valence-electron chi connectivity index (χ2n) is 4.63. The van der Waals surface area contributed by atoms with Crippen molar-refractivity contribution in [2.45, 2.75) is 18.6 Å². The Morgan fingerprint density at radius 3 is 3.00 bits per heavy atom. The lowest BCUT2D eigenvalue weighted by molar-refractivity contribution is -0.117. The van der Waals surface area contributed by atoms with Crippen molar-refractivity contribution in [2.75, 3.05) is 11.4 Å². The third kappa shape index (κ3) is 2.36. The number of thioether (sulfide) groups is 1. The largest absolute Gasteiger partial charge is 0.417 e. The molecule has 3 rings (SSSR count). The lowest BCUT2D eigenvalue weighted by Gasteiger charge is -2.16. The number of aromatic nitrogens is 1. The smallest absolute Gasteiger partial charge is 0.408 e. The molecular weight excluding hydrogens is 280 g/mol. The number of hydrogen-bond donors (Lipinski definition) is 1. The molecule has 1 aromatic carbocycles. The zero-order valence-corrected chi connectivity index (χ0v) is 11.5. The number of benzene rings is 1. The van der Waals surface area contributed by atoms with Gasteiger partial charge in [0.05, 0.1) is 5.52 Å². The first-order valence-electron chi connectivity index (χ1n) is 6.13. The number of nitrogens with zero attached hydrogens (tertiary/aromatic N) is 1. The standard InChI is InChI=1S/C13H12N2O4S/c1-7(16)20-9-5-12(17)15(6-9)8-2-3-11-10(4-8)14-13(18)19-11/h2-4,9H,5-6H2,1H3,(H,14,18). The highest BCUT2D eigenvalue weighted by molar-refractivity contribution is 8.14. The molecule has 1 aromatic heterocycles. The first kappa shape index (κ1) is 13.0. The molecule has 6 nitrogen and oxygen atoms in total. The second-order valence-corrected chi connectivity index (χ2v) is 6.11. The number of nitrogens with one attached hydrogen (secondary N) is 1. The summed E-state index contributed by atoms with van der Waals surface area (Å²) in [6, 6.07) is 5.10. The summed E-state index contributed by atoms with van der Waals surface area (Å²) in [5, 5.41) is -0.00152. The maximum Gasteiger partial charge on any atom is 0.417 e. The van der Waals surface area contributed by atoms with E-state index in [0.29, 0.717) is 29.8 Å². The summed E-state index contributed by atoms with van der Waals surface area (Å²) in [5.41, 5.74) is 1.72. The van der Waals surface area contributed by atoms with Crippen molar-refractivity contribution in [2.24, 2.45) is 0 Å². The molecule has 1 amide bonds. The summed E-state index contributed by atoms with van der Waals surface area (Å²) < 4.78 is 4.92. The quantitative estimate of drug-likeness (QED) is 0.907. The van der Waals surface area contributed by atoms with Gasteiger partial charge in [0.25, 0.3) is 0 Å². The van der Waals surface area contributed by atoms with Crippen molar-refractivity contribution in [3.63, 3.8) is 0 Å². The van der Waals surface area contributed by atoms with Crippen LogP contribution >= 0.6 is 11.8 Å². The Morgan fingerprint density at radius 1 is 1.45 bits per heavy atom. The molecule has 0 radical (unpaired) electrons. The van der Waals surface area contributed by atoms with Crippen LogP contribution in [0.15, 0.2) is 27.4 Å². The number of carbonyl (C=O) groups excluding carboxylic acids is 2. The molecule has 1 unspecified atom stereocenters. The van der Waals surface area contributed by atoms with Crippen LogP contribution in [0.25, 0.3) is 11.1 Å². The summed E-state index contributed by atoms with van der Waals surface area (Å²) in [5.74, 6) is -0.538. The van der Waals surface area contributed by atoms with Gasteiger partial charge in [-0.3, -0.25) is 14.6 Å². The van der Waals surface area contributed by atoms with Gasteiger partial charge in [-0.15, -0.1) is 0 Å². The van der Waals surface area contributed by atoms with Gasteiger partial charge in [-0.2, -0.15) is 0 Å². The fourth-order valence-electron chi connectivity index (χ4n) is 2.35. The minimum atomic E-state index is -0.519. The number of anilines is 1. The molecule has 1 N–H and O–H groups in total. The monoisotopic (exact) mass is 292 g/mol. The van der Waals surface area contributed by atoms with Crippen molar-refractivity contribution < 1.29 is 14.0 Å². The zero-order valence-electron chi connectivity index (χ0n) is 10.7. The Morgan fingerprint density at radius 2 is 2.25 bits per heavy atom. The first-order chi connectivity index (χ1) is 9.52. The van der Waals surface area contributed by atoms with Gasteiger partial charge in [-0.1, -0.05) is 11.8 Å². The lowest BCUT2D eigenvalue weighted by atomic mass is 10.2. The van der Waals surface area contributed by atoms with Crippen LogP contribution in [-0.4, -0.2) is 27.8 Å². The van der Waals surface area contributed by atoms with Gasteiger partial charge < -0.3 is 9.32 Å². The van der Waals surface area contributed by atoms with Crippen LogP contribution in [-0.2, 0) is 9.59 Å². The van der Waals surface area contributed by atoms with Gasteiger partial charge in [0.2, 0.25) is 5.91 Å². The first-order valence-corrected chi connectivity index (χ1v) is 7.01. The number of fused-ring (bicyclic) bond motifs is 1. The van der Waals surface area contributed by atoms with E-state index in [1.165, 1.54) is 18.7 Å². The Hall–Kier alpha value is -2.02. The van der Waals surface area contributed by atoms with Gasteiger partial charge >= 0.3 is 5.76 Å². The summed E-state index contributed by atoms with van der Waals surface area (Å²) in [6.45, 7) is 2.00. The molecule has 1 fully saturated rings. The molecule has 20 heavy (non-hydrogen) atoms. The number of oxazole rings is 1. The molecule has 0 spiro atoms. The van der Waals surface area contributed by atoms with Gasteiger partial charge in [-0.05, 0) is 18.2 Å². The van der Waals surface area contributed by atoms with E-state index in [-0.39, 0.29) is 16.3 Å². The number of hydrogen-bond acceptors (Lipinski definition) is 5. The van der Waals surface area contributed by atoms with Crippen LogP contribution in [0.3, 0.4) is 0 Å². The van der Waals surface area contributed by atoms with Crippen LogP contribution < -0.4 is 10.7 Å². The molecule has 2 heterocycles. The van der Waals surface area contributed by atoms with Crippen molar-refractivity contribution in [3.8, 4) is 0 Å². The molecule has 104 valence electrons. The SMILES string of the molecule is CC(=O)SC1CC(=O)N(c2ccc3oc(=O)[nH]c3c2)C1. The molecule has 1 saturated heterocycles. The predicted octanol–water partition coefficient (Wildman–Crippen LogP) is 1.51. The van der Waals surface area contributed by atoms with Crippen molar-refractivity contribution in [1.29, 1.82) is 0 Å². The number of aromatic amines is 1. The summed E-state index contributed by atoms with van der Waals surface area (Å²) >= 11 is 1.19. The topological polar surface area (TPSA) is 83.4 Å². The van der Waals surface area contributed by atoms with Crippen molar-refractivity contribution in [3.05, 3.63) is 28.7 Å². The molecule has 1 atom stereocenters. The molecule has 0 aliphatic carbocycles. The summed E-state index contributed by atoms with van der Waals surface area (Å²) in [6.07, 6.45) is 0.351. The highest BCUT2D eigenvalue weighted by Gasteiger charge is 2.32. The number of carbonyl (C=O) groups is 2. The van der Waals surface area contributed by atoms with Gasteiger partial charge in [-0.25, -0.2) is 4.79 Å². The molecule has 1 aliphatic rings. The highest BCUT2D eigenvalue weighted by Crippen LogP contribution is 2.29. The fraction of sp³-hybridized carbons (Fsp3) is 0.308. The molecule has 0 bridgehead atoms. The van der Waals surface area contributed by atoms with E-state index in [4.69, 9.17) is 4.42 Å². The number of rotatable bonds is 2. The van der Waals surface area contributed by atoms with Crippen LogP contribution in [0.1, 0.15) is 13.3 Å². The average Bonchev–Trinajstić information content (AvgIpc) is 2.89. The van der Waals surface area contributed by atoms with Crippen molar-refractivity contribution >= 4 is 39.6 Å². The number of H-pyrrole nitrogens is 1. The normalized spacial score (nSPS) is 18.9. The molecule has 7 heteroatoms. The molecule has 0 saturated carbocycles.